The number of nitrogens with two attached hydrogens (primary N) is 1. The Labute approximate surface area is 88.6 Å². The number of hydrogen-bond donors (Lipinski definition) is 1. The van der Waals surface area contributed by atoms with Crippen LogP contribution in [0.3, 0.4) is 0 Å². The highest BCUT2D eigenvalue weighted by atomic mass is 16.5. The van der Waals surface area contributed by atoms with Gasteiger partial charge < -0.3 is 10.5 Å². The molecule has 0 amide bonds. The molecule has 0 radical (unpaired) electrons. The minimum absolute atomic E-state index is 0.326. The molecule has 0 fully saturated rings. The van der Waals surface area contributed by atoms with Crippen LogP contribution in [0.1, 0.15) is 33.1 Å². The Balaban J connectivity index is 3.57. The maximum Gasteiger partial charge on any atom is 0.0589 e. The standard InChI is InChI=1S/C11H26N2O/c1-4-6-7-11(12)10-13(5-2)8-9-14-3/h11H,4-10,12H2,1-3H3. The number of ether oxygens (including phenoxy) is 1. The minimum Gasteiger partial charge on any atom is -0.383 e. The first-order valence-corrected chi connectivity index (χ1v) is 5.71. The number of rotatable bonds is 9. The number of hydrogen-bond acceptors (Lipinski definition) is 3. The number of methoxy groups -OCH3 is 1. The average molecular weight is 202 g/mol. The molecule has 14 heavy (non-hydrogen) atoms. The molecule has 3 heteroatoms. The van der Waals surface area contributed by atoms with E-state index in [1.165, 1.54) is 12.8 Å². The van der Waals surface area contributed by atoms with Crippen LogP contribution in [-0.2, 0) is 4.74 Å². The van der Waals surface area contributed by atoms with E-state index < -0.39 is 0 Å². The van der Waals surface area contributed by atoms with Gasteiger partial charge in [0.05, 0.1) is 6.61 Å². The van der Waals surface area contributed by atoms with Gasteiger partial charge in [-0.2, -0.15) is 0 Å². The van der Waals surface area contributed by atoms with Gasteiger partial charge in [-0.25, -0.2) is 0 Å². The van der Waals surface area contributed by atoms with Gasteiger partial charge in [0.15, 0.2) is 0 Å². The Hall–Kier alpha value is -0.120. The van der Waals surface area contributed by atoms with E-state index in [9.17, 15) is 0 Å². The zero-order chi connectivity index (χ0) is 10.8. The van der Waals surface area contributed by atoms with Crippen molar-refractivity contribution < 1.29 is 4.74 Å². The van der Waals surface area contributed by atoms with Gasteiger partial charge in [-0.1, -0.05) is 26.7 Å². The molecule has 0 aromatic rings. The zero-order valence-electron chi connectivity index (χ0n) is 9.96. The molecular formula is C11H26N2O. The van der Waals surface area contributed by atoms with Gasteiger partial charge in [-0.05, 0) is 13.0 Å². The van der Waals surface area contributed by atoms with Gasteiger partial charge in [-0.3, -0.25) is 4.90 Å². The first kappa shape index (κ1) is 13.9. The molecule has 0 rings (SSSR count). The Morgan fingerprint density at radius 3 is 2.57 bits per heavy atom. The van der Waals surface area contributed by atoms with E-state index in [0.717, 1.165) is 32.7 Å². The third kappa shape index (κ3) is 7.30. The van der Waals surface area contributed by atoms with E-state index in [0.29, 0.717) is 6.04 Å². The van der Waals surface area contributed by atoms with Crippen LogP contribution in [0.2, 0.25) is 0 Å². The lowest BCUT2D eigenvalue weighted by molar-refractivity contribution is 0.146. The minimum atomic E-state index is 0.326. The van der Waals surface area contributed by atoms with Crippen molar-refractivity contribution in [1.82, 2.24) is 4.90 Å². The summed E-state index contributed by atoms with van der Waals surface area (Å²) in [5, 5.41) is 0. The molecule has 3 nitrogen and oxygen atoms in total. The van der Waals surface area contributed by atoms with Gasteiger partial charge in [0, 0.05) is 26.2 Å². The molecule has 0 aliphatic heterocycles. The molecule has 2 N–H and O–H groups in total. The Bertz CT molecular complexity index is 120. The summed E-state index contributed by atoms with van der Waals surface area (Å²) in [7, 11) is 1.74. The SMILES string of the molecule is CCCCC(N)CN(CC)CCOC. The molecule has 0 bridgehead atoms. The summed E-state index contributed by atoms with van der Waals surface area (Å²) in [5.41, 5.74) is 6.03. The summed E-state index contributed by atoms with van der Waals surface area (Å²) in [4.78, 5) is 2.35. The average Bonchev–Trinajstić information content (AvgIpc) is 2.21. The van der Waals surface area contributed by atoms with Gasteiger partial charge in [0.25, 0.3) is 0 Å². The molecule has 0 aliphatic rings. The van der Waals surface area contributed by atoms with E-state index in [1.807, 2.05) is 0 Å². The maximum absolute atomic E-state index is 6.03. The molecule has 0 aliphatic carbocycles. The smallest absolute Gasteiger partial charge is 0.0589 e. The van der Waals surface area contributed by atoms with Crippen LogP contribution >= 0.6 is 0 Å². The highest BCUT2D eigenvalue weighted by Gasteiger charge is 2.07. The molecule has 1 atom stereocenters. The third-order valence-corrected chi connectivity index (χ3v) is 2.48. The third-order valence-electron chi connectivity index (χ3n) is 2.48. The highest BCUT2D eigenvalue weighted by molar-refractivity contribution is 4.67. The molecule has 0 saturated heterocycles. The molecule has 0 heterocycles. The van der Waals surface area contributed by atoms with Crippen molar-refractivity contribution in [1.29, 1.82) is 0 Å². The van der Waals surface area contributed by atoms with E-state index in [2.05, 4.69) is 18.7 Å². The zero-order valence-corrected chi connectivity index (χ0v) is 9.96. The van der Waals surface area contributed by atoms with Crippen molar-refractivity contribution in [2.45, 2.75) is 39.2 Å². The number of likely N-dealkylation sites (N-methyl/N-ethyl adjacent to an activating group) is 1. The van der Waals surface area contributed by atoms with Crippen LogP contribution in [0.4, 0.5) is 0 Å². The van der Waals surface area contributed by atoms with E-state index in [1.54, 1.807) is 7.11 Å². The van der Waals surface area contributed by atoms with Crippen molar-refractivity contribution in [3.63, 3.8) is 0 Å². The Morgan fingerprint density at radius 2 is 2.07 bits per heavy atom. The van der Waals surface area contributed by atoms with Crippen LogP contribution in [0.15, 0.2) is 0 Å². The maximum atomic E-state index is 6.03. The van der Waals surface area contributed by atoms with Crippen LogP contribution in [0, 0.1) is 0 Å². The Kier molecular flexibility index (Phi) is 9.35. The molecule has 0 aromatic heterocycles. The second kappa shape index (κ2) is 9.44. The van der Waals surface area contributed by atoms with Gasteiger partial charge >= 0.3 is 0 Å². The second-order valence-corrected chi connectivity index (χ2v) is 3.79. The van der Waals surface area contributed by atoms with Crippen molar-refractivity contribution in [3.05, 3.63) is 0 Å². The molecule has 0 saturated carbocycles. The van der Waals surface area contributed by atoms with Gasteiger partial charge in [0.2, 0.25) is 0 Å². The summed E-state index contributed by atoms with van der Waals surface area (Å²) in [6.45, 7) is 8.22. The second-order valence-electron chi connectivity index (χ2n) is 3.79. The van der Waals surface area contributed by atoms with E-state index in [-0.39, 0.29) is 0 Å². The lowest BCUT2D eigenvalue weighted by Gasteiger charge is -2.23. The van der Waals surface area contributed by atoms with Gasteiger partial charge in [0.1, 0.15) is 0 Å². The van der Waals surface area contributed by atoms with Crippen LogP contribution in [-0.4, -0.2) is 44.3 Å². The van der Waals surface area contributed by atoms with Gasteiger partial charge in [-0.15, -0.1) is 0 Å². The van der Waals surface area contributed by atoms with Crippen LogP contribution < -0.4 is 5.73 Å². The fraction of sp³-hybridized carbons (Fsp3) is 1.00. The lowest BCUT2D eigenvalue weighted by atomic mass is 10.1. The van der Waals surface area contributed by atoms with Crippen molar-refractivity contribution in [2.75, 3.05) is 33.4 Å². The van der Waals surface area contributed by atoms with Crippen LogP contribution in [0.25, 0.3) is 0 Å². The first-order valence-electron chi connectivity index (χ1n) is 5.71. The summed E-state index contributed by atoms with van der Waals surface area (Å²) < 4.78 is 5.05. The summed E-state index contributed by atoms with van der Waals surface area (Å²) in [6.07, 6.45) is 3.61. The molecular weight excluding hydrogens is 176 g/mol. The quantitative estimate of drug-likeness (QED) is 0.615. The van der Waals surface area contributed by atoms with Crippen LogP contribution in [0.5, 0.6) is 0 Å². The highest BCUT2D eigenvalue weighted by Crippen LogP contribution is 2.00. The molecule has 0 spiro atoms. The van der Waals surface area contributed by atoms with E-state index >= 15 is 0 Å². The topological polar surface area (TPSA) is 38.5 Å². The first-order chi connectivity index (χ1) is 6.74. The summed E-state index contributed by atoms with van der Waals surface area (Å²) >= 11 is 0. The van der Waals surface area contributed by atoms with Crippen molar-refractivity contribution >= 4 is 0 Å². The predicted octanol–water partition coefficient (Wildman–Crippen LogP) is 1.47. The number of unbranched alkanes of at least 4 members (excludes halogenated alkanes) is 1. The summed E-state index contributed by atoms with van der Waals surface area (Å²) in [6, 6.07) is 0.326. The fourth-order valence-corrected chi connectivity index (χ4v) is 1.49. The monoisotopic (exact) mass is 202 g/mol. The molecule has 0 aromatic carbocycles. The molecule has 1 unspecified atom stereocenters. The number of nitrogens with zero attached hydrogens (tertiary/aromatic N) is 1. The molecule has 86 valence electrons. The predicted molar refractivity (Wildman–Crippen MR) is 61.5 cm³/mol. The normalized spacial score (nSPS) is 13.5. The fourth-order valence-electron chi connectivity index (χ4n) is 1.49. The Morgan fingerprint density at radius 1 is 1.36 bits per heavy atom. The summed E-state index contributed by atoms with van der Waals surface area (Å²) in [5.74, 6) is 0. The van der Waals surface area contributed by atoms with E-state index in [4.69, 9.17) is 10.5 Å². The van der Waals surface area contributed by atoms with Crippen molar-refractivity contribution in [2.24, 2.45) is 5.73 Å². The van der Waals surface area contributed by atoms with Crippen molar-refractivity contribution in [3.8, 4) is 0 Å². The lowest BCUT2D eigenvalue weighted by Crippen LogP contribution is -2.39. The largest absolute Gasteiger partial charge is 0.383 e.